The molecule has 0 heterocycles. The van der Waals surface area contributed by atoms with Gasteiger partial charge in [-0.1, -0.05) is 46.8 Å². The lowest BCUT2D eigenvalue weighted by molar-refractivity contribution is -0.248. The number of aliphatic carboxylic acids is 1. The van der Waals surface area contributed by atoms with E-state index in [9.17, 15) is 15.0 Å². The van der Waals surface area contributed by atoms with Crippen LogP contribution in [0.25, 0.3) is 0 Å². The van der Waals surface area contributed by atoms with Crippen LogP contribution in [0.2, 0.25) is 0 Å². The van der Waals surface area contributed by atoms with Crippen LogP contribution in [-0.4, -0.2) is 22.3 Å². The van der Waals surface area contributed by atoms with Crippen LogP contribution in [0.1, 0.15) is 106 Å². The quantitative estimate of drug-likeness (QED) is 0.436. The highest BCUT2D eigenvalue weighted by molar-refractivity contribution is 5.76. The number of carbonyl (C=O) groups is 1. The molecular formula is C30H48O3. The number of rotatable bonds is 2. The van der Waals surface area contributed by atoms with Crippen molar-refractivity contribution >= 4 is 5.97 Å². The summed E-state index contributed by atoms with van der Waals surface area (Å²) in [6.07, 6.45) is 10.5. The van der Waals surface area contributed by atoms with Crippen LogP contribution in [0.5, 0.6) is 0 Å². The number of hydrogen-bond donors (Lipinski definition) is 2. The zero-order valence-electron chi connectivity index (χ0n) is 22.0. The van der Waals surface area contributed by atoms with Gasteiger partial charge in [0.2, 0.25) is 0 Å². The molecule has 5 fully saturated rings. The lowest BCUT2D eigenvalue weighted by Crippen LogP contribution is -2.67. The number of allylic oxidation sites excluding steroid dienone is 1. The van der Waals surface area contributed by atoms with Gasteiger partial charge in [0, 0.05) is 0 Å². The molecule has 0 bridgehead atoms. The molecule has 0 unspecified atom stereocenters. The minimum absolute atomic E-state index is 0.0202. The van der Waals surface area contributed by atoms with Gasteiger partial charge in [0.15, 0.2) is 0 Å². The first kappa shape index (κ1) is 23.9. The lowest BCUT2D eigenvalue weighted by Gasteiger charge is -2.72. The summed E-state index contributed by atoms with van der Waals surface area (Å²) < 4.78 is 0. The number of carboxylic acid groups (broad SMARTS) is 1. The monoisotopic (exact) mass is 456 g/mol. The summed E-state index contributed by atoms with van der Waals surface area (Å²) in [5.74, 6) is 1.79. The summed E-state index contributed by atoms with van der Waals surface area (Å²) in [4.78, 5) is 12.8. The molecule has 0 spiro atoms. The normalized spacial score (nSPS) is 55.0. The van der Waals surface area contributed by atoms with Crippen molar-refractivity contribution in [1.29, 1.82) is 0 Å². The molecular weight excluding hydrogens is 408 g/mol. The molecule has 0 amide bonds. The molecule has 5 rings (SSSR count). The number of aliphatic hydroxyl groups is 1. The van der Waals surface area contributed by atoms with Crippen LogP contribution in [0, 0.1) is 56.7 Å². The van der Waals surface area contributed by atoms with E-state index >= 15 is 0 Å². The fourth-order valence-corrected chi connectivity index (χ4v) is 11.5. The Kier molecular flexibility index (Phi) is 5.15. The van der Waals surface area contributed by atoms with Gasteiger partial charge >= 0.3 is 5.97 Å². The van der Waals surface area contributed by atoms with E-state index in [1.807, 2.05) is 0 Å². The maximum atomic E-state index is 12.8. The van der Waals surface area contributed by atoms with Crippen LogP contribution in [0.4, 0.5) is 0 Å². The largest absolute Gasteiger partial charge is 0.481 e. The first-order chi connectivity index (χ1) is 15.3. The van der Waals surface area contributed by atoms with E-state index < -0.39 is 11.4 Å². The smallest absolute Gasteiger partial charge is 0.309 e. The minimum atomic E-state index is -0.538. The lowest BCUT2D eigenvalue weighted by atomic mass is 9.32. The van der Waals surface area contributed by atoms with Crippen LogP contribution in [-0.2, 0) is 4.79 Å². The topological polar surface area (TPSA) is 57.5 Å². The Bertz CT molecular complexity index is 861. The van der Waals surface area contributed by atoms with Crippen molar-refractivity contribution in [2.24, 2.45) is 56.7 Å². The maximum Gasteiger partial charge on any atom is 0.309 e. The molecule has 3 nitrogen and oxygen atoms in total. The Hall–Kier alpha value is -0.830. The summed E-state index contributed by atoms with van der Waals surface area (Å²) >= 11 is 0. The number of hydrogen-bond acceptors (Lipinski definition) is 2. The fourth-order valence-electron chi connectivity index (χ4n) is 11.5. The van der Waals surface area contributed by atoms with Crippen molar-refractivity contribution in [3.63, 3.8) is 0 Å². The van der Waals surface area contributed by atoms with Gasteiger partial charge in [-0.25, -0.2) is 0 Å². The average Bonchev–Trinajstić information content (AvgIpc) is 3.13. The molecule has 3 heteroatoms. The van der Waals surface area contributed by atoms with Gasteiger partial charge in [-0.05, 0) is 122 Å². The Balaban J connectivity index is 1.57. The summed E-state index contributed by atoms with van der Waals surface area (Å²) in [5, 5.41) is 21.4. The molecule has 5 aliphatic carbocycles. The van der Waals surface area contributed by atoms with Crippen molar-refractivity contribution in [3.05, 3.63) is 12.2 Å². The standard InChI is InChI=1S/C30H48O3/c1-18(2)19-10-15-30(25(32)33)17-16-28(6)20(24(19)30)8-9-22-27(5)13-12-23(31)26(3,4)21(27)11-14-29(22,28)7/h19-24,31H,1,8-17H2,2-7H3,(H,32,33)/t19-,20+,21-,22+,23+,24+,27-,28+,29+,30-/m1/s1. The molecule has 2 N–H and O–H groups in total. The Labute approximate surface area is 201 Å². The van der Waals surface area contributed by atoms with E-state index in [1.165, 1.54) is 31.3 Å². The van der Waals surface area contributed by atoms with Crippen molar-refractivity contribution in [2.45, 2.75) is 112 Å². The summed E-state index contributed by atoms with van der Waals surface area (Å²) in [5.41, 5.74) is 1.35. The molecule has 0 radical (unpaired) electrons. The Morgan fingerprint density at radius 3 is 2.15 bits per heavy atom. The van der Waals surface area contributed by atoms with E-state index in [4.69, 9.17) is 0 Å². The Morgan fingerprint density at radius 2 is 1.52 bits per heavy atom. The molecule has 10 atom stereocenters. The van der Waals surface area contributed by atoms with Gasteiger partial charge in [-0.2, -0.15) is 0 Å². The summed E-state index contributed by atoms with van der Waals surface area (Å²) in [6, 6.07) is 0. The van der Waals surface area contributed by atoms with Gasteiger partial charge in [-0.3, -0.25) is 4.79 Å². The second-order valence-corrected chi connectivity index (χ2v) is 14.5. The second-order valence-electron chi connectivity index (χ2n) is 14.5. The molecule has 0 aromatic rings. The van der Waals surface area contributed by atoms with Gasteiger partial charge in [0.25, 0.3) is 0 Å². The zero-order valence-corrected chi connectivity index (χ0v) is 22.0. The SMILES string of the molecule is C=C(C)[C@H]1CC[C@@]2(C(=O)O)CC[C@@]3(C)[C@@H](CC[C@H]4[C@]5(C)CC[C@H](O)C(C)(C)[C@H]5CC[C@@]43C)[C@H]12. The van der Waals surface area contributed by atoms with Crippen molar-refractivity contribution in [3.8, 4) is 0 Å². The third-order valence-corrected chi connectivity index (χ3v) is 13.5. The number of carboxylic acids is 1. The third-order valence-electron chi connectivity index (χ3n) is 13.5. The van der Waals surface area contributed by atoms with Crippen LogP contribution < -0.4 is 0 Å². The zero-order chi connectivity index (χ0) is 24.2. The highest BCUT2D eigenvalue weighted by Gasteiger charge is 2.71. The summed E-state index contributed by atoms with van der Waals surface area (Å²) in [7, 11) is 0. The van der Waals surface area contributed by atoms with E-state index in [2.05, 4.69) is 48.1 Å². The molecule has 33 heavy (non-hydrogen) atoms. The van der Waals surface area contributed by atoms with Gasteiger partial charge < -0.3 is 10.2 Å². The van der Waals surface area contributed by atoms with Crippen LogP contribution >= 0.6 is 0 Å². The highest BCUT2D eigenvalue weighted by Crippen LogP contribution is 2.77. The molecule has 0 aromatic carbocycles. The molecule has 0 saturated heterocycles. The van der Waals surface area contributed by atoms with Crippen molar-refractivity contribution < 1.29 is 15.0 Å². The second kappa shape index (κ2) is 7.11. The van der Waals surface area contributed by atoms with E-state index in [1.54, 1.807) is 0 Å². The number of aliphatic hydroxyl groups excluding tert-OH is 1. The molecule has 186 valence electrons. The van der Waals surface area contributed by atoms with Crippen LogP contribution in [0.3, 0.4) is 0 Å². The number of fused-ring (bicyclic) bond motifs is 7. The summed E-state index contributed by atoms with van der Waals surface area (Å²) in [6.45, 7) is 18.8. The Morgan fingerprint density at radius 1 is 0.818 bits per heavy atom. The maximum absolute atomic E-state index is 12.8. The first-order valence-corrected chi connectivity index (χ1v) is 13.8. The average molecular weight is 457 g/mol. The van der Waals surface area contributed by atoms with Gasteiger partial charge in [0.1, 0.15) is 0 Å². The van der Waals surface area contributed by atoms with E-state index in [0.29, 0.717) is 23.7 Å². The molecule has 0 aliphatic heterocycles. The van der Waals surface area contributed by atoms with Gasteiger partial charge in [-0.15, -0.1) is 0 Å². The third kappa shape index (κ3) is 2.75. The predicted octanol–water partition coefficient (Wildman–Crippen LogP) is 7.09. The molecule has 5 saturated carbocycles. The first-order valence-electron chi connectivity index (χ1n) is 13.8. The van der Waals surface area contributed by atoms with Crippen molar-refractivity contribution in [1.82, 2.24) is 0 Å². The minimum Gasteiger partial charge on any atom is -0.481 e. The predicted molar refractivity (Wildman–Crippen MR) is 133 cm³/mol. The molecule has 0 aromatic heterocycles. The van der Waals surface area contributed by atoms with Crippen LogP contribution in [0.15, 0.2) is 12.2 Å². The molecule has 5 aliphatic rings. The van der Waals surface area contributed by atoms with E-state index in [0.717, 1.165) is 38.5 Å². The van der Waals surface area contributed by atoms with Crippen molar-refractivity contribution in [2.75, 3.05) is 0 Å². The highest BCUT2D eigenvalue weighted by atomic mass is 16.4. The van der Waals surface area contributed by atoms with Gasteiger partial charge in [0.05, 0.1) is 11.5 Å². The fraction of sp³-hybridized carbons (Fsp3) is 0.900. The van der Waals surface area contributed by atoms with E-state index in [-0.39, 0.29) is 33.7 Å².